The lowest BCUT2D eigenvalue weighted by Gasteiger charge is -2.20. The quantitative estimate of drug-likeness (QED) is 0.633. The summed E-state index contributed by atoms with van der Waals surface area (Å²) in [6.45, 7) is 6.91. The molecule has 0 heterocycles. The average Bonchev–Trinajstić information content (AvgIpc) is 2.98. The van der Waals surface area contributed by atoms with E-state index in [9.17, 15) is 9.59 Å². The normalized spacial score (nSPS) is 22.9. The van der Waals surface area contributed by atoms with Crippen molar-refractivity contribution in [2.45, 2.75) is 52.5 Å². The van der Waals surface area contributed by atoms with Crippen molar-refractivity contribution in [1.29, 1.82) is 0 Å². The number of rotatable bonds is 8. The molecule has 0 aromatic rings. The van der Waals surface area contributed by atoms with E-state index in [4.69, 9.17) is 5.11 Å². The van der Waals surface area contributed by atoms with E-state index in [2.05, 4.69) is 31.4 Å². The maximum Gasteiger partial charge on any atom is 0.315 e. The molecule has 2 amide bonds. The molecule has 110 valence electrons. The molecule has 0 saturated heterocycles. The van der Waals surface area contributed by atoms with Crippen LogP contribution in [0.4, 0.5) is 4.79 Å². The summed E-state index contributed by atoms with van der Waals surface area (Å²) in [4.78, 5) is 22.1. The summed E-state index contributed by atoms with van der Waals surface area (Å²) in [5.41, 5.74) is 0. The number of nitrogens with one attached hydrogen (secondary N) is 2. The van der Waals surface area contributed by atoms with Gasteiger partial charge in [0.15, 0.2) is 0 Å². The van der Waals surface area contributed by atoms with Gasteiger partial charge in [0.05, 0.1) is 0 Å². The zero-order chi connectivity index (χ0) is 14.4. The summed E-state index contributed by atoms with van der Waals surface area (Å²) in [6.07, 6.45) is 2.78. The van der Waals surface area contributed by atoms with Gasteiger partial charge in [0, 0.05) is 19.0 Å². The molecule has 0 aromatic carbocycles. The molecule has 0 spiro atoms. The van der Waals surface area contributed by atoms with Crippen molar-refractivity contribution >= 4 is 12.0 Å². The van der Waals surface area contributed by atoms with Gasteiger partial charge < -0.3 is 15.7 Å². The molecule has 1 fully saturated rings. The highest BCUT2D eigenvalue weighted by molar-refractivity contribution is 5.74. The molecule has 5 nitrogen and oxygen atoms in total. The molecule has 1 aliphatic rings. The van der Waals surface area contributed by atoms with E-state index < -0.39 is 5.97 Å². The van der Waals surface area contributed by atoms with Crippen LogP contribution in [0.1, 0.15) is 46.5 Å². The van der Waals surface area contributed by atoms with Crippen molar-refractivity contribution in [1.82, 2.24) is 10.6 Å². The molecule has 19 heavy (non-hydrogen) atoms. The lowest BCUT2D eigenvalue weighted by Crippen LogP contribution is -2.38. The van der Waals surface area contributed by atoms with E-state index in [1.54, 1.807) is 0 Å². The third-order valence-corrected chi connectivity index (χ3v) is 3.90. The van der Waals surface area contributed by atoms with Gasteiger partial charge >= 0.3 is 12.0 Å². The number of aliphatic carboxylic acids is 1. The number of urea groups is 1. The van der Waals surface area contributed by atoms with Crippen LogP contribution in [0.2, 0.25) is 0 Å². The monoisotopic (exact) mass is 270 g/mol. The summed E-state index contributed by atoms with van der Waals surface area (Å²) in [5, 5.41) is 14.5. The number of amides is 2. The fourth-order valence-electron chi connectivity index (χ4n) is 2.23. The fourth-order valence-corrected chi connectivity index (χ4v) is 2.23. The Morgan fingerprint density at radius 2 is 1.95 bits per heavy atom. The second kappa shape index (κ2) is 7.36. The van der Waals surface area contributed by atoms with Crippen molar-refractivity contribution in [2.75, 3.05) is 6.54 Å². The Morgan fingerprint density at radius 1 is 1.32 bits per heavy atom. The smallest absolute Gasteiger partial charge is 0.315 e. The Morgan fingerprint density at radius 3 is 2.42 bits per heavy atom. The molecule has 5 heteroatoms. The van der Waals surface area contributed by atoms with E-state index in [0.717, 1.165) is 12.8 Å². The number of hydrogen-bond donors (Lipinski definition) is 3. The molecular formula is C14H26N2O3. The van der Waals surface area contributed by atoms with Crippen LogP contribution in [0, 0.1) is 17.8 Å². The van der Waals surface area contributed by atoms with Gasteiger partial charge in [-0.25, -0.2) is 4.79 Å². The standard InChI is InChI=1S/C14H26N2O3/c1-9(2)11(4-5-13(17)18)6-7-15-14(19)16-12-8-10(12)3/h9-12H,4-8H2,1-3H3,(H,17,18)(H2,15,16,19). The SMILES string of the molecule is CC(C)C(CCNC(=O)NC1CC1C)CCC(=O)O. The minimum absolute atomic E-state index is 0.102. The van der Waals surface area contributed by atoms with Crippen molar-refractivity contribution in [3.63, 3.8) is 0 Å². The first-order chi connectivity index (χ1) is 8.90. The first-order valence-corrected chi connectivity index (χ1v) is 7.16. The summed E-state index contributed by atoms with van der Waals surface area (Å²) >= 11 is 0. The van der Waals surface area contributed by atoms with Crippen LogP contribution < -0.4 is 10.6 Å². The van der Waals surface area contributed by atoms with Crippen LogP contribution in [-0.4, -0.2) is 29.7 Å². The highest BCUT2D eigenvalue weighted by Crippen LogP contribution is 2.28. The predicted octanol–water partition coefficient (Wildman–Crippen LogP) is 2.22. The summed E-state index contributed by atoms with van der Waals surface area (Å²) < 4.78 is 0. The zero-order valence-electron chi connectivity index (χ0n) is 12.1. The van der Waals surface area contributed by atoms with E-state index in [1.165, 1.54) is 0 Å². The highest BCUT2D eigenvalue weighted by Gasteiger charge is 2.33. The van der Waals surface area contributed by atoms with Gasteiger partial charge in [-0.1, -0.05) is 20.8 Å². The summed E-state index contributed by atoms with van der Waals surface area (Å²) in [5.74, 6) is 0.632. The summed E-state index contributed by atoms with van der Waals surface area (Å²) in [7, 11) is 0. The maximum atomic E-state index is 11.5. The van der Waals surface area contributed by atoms with E-state index >= 15 is 0 Å². The highest BCUT2D eigenvalue weighted by atomic mass is 16.4. The van der Waals surface area contributed by atoms with E-state index in [1.807, 2.05) is 0 Å². The largest absolute Gasteiger partial charge is 0.481 e. The van der Waals surface area contributed by atoms with Gasteiger partial charge in [-0.3, -0.25) is 4.79 Å². The molecule has 1 aliphatic carbocycles. The Kier molecular flexibility index (Phi) is 6.12. The molecule has 1 saturated carbocycles. The van der Waals surface area contributed by atoms with Crippen molar-refractivity contribution in [3.8, 4) is 0 Å². The van der Waals surface area contributed by atoms with Gasteiger partial charge in [-0.05, 0) is 37.0 Å². The first kappa shape index (κ1) is 15.8. The van der Waals surface area contributed by atoms with Crippen LogP contribution in [0.5, 0.6) is 0 Å². The number of carbonyl (C=O) groups excluding carboxylic acids is 1. The summed E-state index contributed by atoms with van der Waals surface area (Å²) in [6, 6.07) is 0.239. The van der Waals surface area contributed by atoms with Crippen LogP contribution >= 0.6 is 0 Å². The molecule has 0 aliphatic heterocycles. The zero-order valence-corrected chi connectivity index (χ0v) is 12.1. The van der Waals surface area contributed by atoms with Crippen LogP contribution in [0.15, 0.2) is 0 Å². The van der Waals surface area contributed by atoms with Crippen LogP contribution in [-0.2, 0) is 4.79 Å². The average molecular weight is 270 g/mol. The lowest BCUT2D eigenvalue weighted by atomic mass is 9.88. The number of hydrogen-bond acceptors (Lipinski definition) is 2. The number of carboxylic acid groups (broad SMARTS) is 1. The maximum absolute atomic E-state index is 11.5. The minimum Gasteiger partial charge on any atom is -0.481 e. The second-order valence-corrected chi connectivity index (χ2v) is 5.94. The second-order valence-electron chi connectivity index (χ2n) is 5.94. The predicted molar refractivity (Wildman–Crippen MR) is 73.9 cm³/mol. The Balaban J connectivity index is 2.16. The molecular weight excluding hydrogens is 244 g/mol. The van der Waals surface area contributed by atoms with Gasteiger partial charge in [0.2, 0.25) is 0 Å². The molecule has 3 N–H and O–H groups in total. The first-order valence-electron chi connectivity index (χ1n) is 7.16. The van der Waals surface area contributed by atoms with Crippen molar-refractivity contribution in [2.24, 2.45) is 17.8 Å². The number of carbonyl (C=O) groups is 2. The van der Waals surface area contributed by atoms with Crippen molar-refractivity contribution < 1.29 is 14.7 Å². The lowest BCUT2D eigenvalue weighted by molar-refractivity contribution is -0.137. The van der Waals surface area contributed by atoms with Gasteiger partial charge in [-0.2, -0.15) is 0 Å². The fraction of sp³-hybridized carbons (Fsp3) is 0.857. The molecule has 0 bridgehead atoms. The Hall–Kier alpha value is -1.26. The van der Waals surface area contributed by atoms with Gasteiger partial charge in [0.25, 0.3) is 0 Å². The minimum atomic E-state index is -0.751. The van der Waals surface area contributed by atoms with E-state index in [0.29, 0.717) is 36.8 Å². The van der Waals surface area contributed by atoms with Crippen molar-refractivity contribution in [3.05, 3.63) is 0 Å². The molecule has 3 atom stereocenters. The van der Waals surface area contributed by atoms with Crippen LogP contribution in [0.25, 0.3) is 0 Å². The van der Waals surface area contributed by atoms with E-state index in [-0.39, 0.29) is 12.5 Å². The molecule has 1 rings (SSSR count). The molecule has 0 aromatic heterocycles. The van der Waals surface area contributed by atoms with Gasteiger partial charge in [-0.15, -0.1) is 0 Å². The molecule has 0 radical (unpaired) electrons. The Labute approximate surface area is 115 Å². The van der Waals surface area contributed by atoms with Gasteiger partial charge in [0.1, 0.15) is 0 Å². The third-order valence-electron chi connectivity index (χ3n) is 3.90. The molecule has 3 unspecified atom stereocenters. The number of carboxylic acids is 1. The Bertz CT molecular complexity index is 318. The topological polar surface area (TPSA) is 78.4 Å². The third kappa shape index (κ3) is 6.45. The van der Waals surface area contributed by atoms with Crippen LogP contribution in [0.3, 0.4) is 0 Å².